The highest BCUT2D eigenvalue weighted by Crippen LogP contribution is 2.31. The zero-order chi connectivity index (χ0) is 9.97. The largest absolute Gasteiger partial charge is 0.387 e. The molecule has 1 heterocycles. The maximum absolute atomic E-state index is 10.7. The van der Waals surface area contributed by atoms with Crippen LogP contribution in [-0.2, 0) is 4.84 Å². The SMILES string of the molecule is O=[N+]([O-])c1ccccc1C1CC=NO1. The molecule has 1 aliphatic rings. The standard InChI is InChI=1S/C9H8N2O3/c12-11(13)8-4-2-1-3-7(8)9-5-6-10-14-9/h1-4,6,9H,5H2. The number of benzene rings is 1. The van der Waals surface area contributed by atoms with Crippen molar-refractivity contribution < 1.29 is 9.76 Å². The molecule has 0 aliphatic carbocycles. The Kier molecular flexibility index (Phi) is 2.14. The molecule has 0 aromatic heterocycles. The molecule has 5 nitrogen and oxygen atoms in total. The molecule has 1 aliphatic heterocycles. The third-order valence-electron chi connectivity index (χ3n) is 2.06. The summed E-state index contributed by atoms with van der Waals surface area (Å²) in [4.78, 5) is 15.3. The van der Waals surface area contributed by atoms with E-state index in [1.54, 1.807) is 24.4 Å². The van der Waals surface area contributed by atoms with Gasteiger partial charge in [-0.2, -0.15) is 0 Å². The maximum Gasteiger partial charge on any atom is 0.276 e. The van der Waals surface area contributed by atoms with Crippen molar-refractivity contribution in [2.45, 2.75) is 12.5 Å². The minimum atomic E-state index is -0.406. The Balaban J connectivity index is 2.36. The summed E-state index contributed by atoms with van der Waals surface area (Å²) in [6, 6.07) is 6.55. The van der Waals surface area contributed by atoms with Crippen molar-refractivity contribution in [1.82, 2.24) is 0 Å². The highest BCUT2D eigenvalue weighted by atomic mass is 16.6. The summed E-state index contributed by atoms with van der Waals surface area (Å²) < 4.78 is 0. The van der Waals surface area contributed by atoms with Crippen LogP contribution in [0.25, 0.3) is 0 Å². The van der Waals surface area contributed by atoms with Crippen LogP contribution >= 0.6 is 0 Å². The molecule has 1 atom stereocenters. The topological polar surface area (TPSA) is 64.7 Å². The molecule has 0 amide bonds. The van der Waals surface area contributed by atoms with E-state index in [9.17, 15) is 10.1 Å². The second kappa shape index (κ2) is 3.45. The zero-order valence-corrected chi connectivity index (χ0v) is 7.29. The quantitative estimate of drug-likeness (QED) is 0.532. The van der Waals surface area contributed by atoms with Crippen molar-refractivity contribution in [1.29, 1.82) is 0 Å². The summed E-state index contributed by atoms with van der Waals surface area (Å²) in [6.07, 6.45) is 1.89. The Morgan fingerprint density at radius 3 is 2.93 bits per heavy atom. The van der Waals surface area contributed by atoms with E-state index in [2.05, 4.69) is 5.16 Å². The van der Waals surface area contributed by atoms with Crippen molar-refractivity contribution in [2.75, 3.05) is 0 Å². The first-order valence-electron chi connectivity index (χ1n) is 4.20. The van der Waals surface area contributed by atoms with Crippen LogP contribution in [0.5, 0.6) is 0 Å². The van der Waals surface area contributed by atoms with Crippen LogP contribution in [0.4, 0.5) is 5.69 Å². The molecule has 0 radical (unpaired) electrons. The van der Waals surface area contributed by atoms with Gasteiger partial charge in [-0.1, -0.05) is 17.3 Å². The molecular weight excluding hydrogens is 184 g/mol. The van der Waals surface area contributed by atoms with E-state index in [-0.39, 0.29) is 11.8 Å². The Morgan fingerprint density at radius 2 is 2.29 bits per heavy atom. The monoisotopic (exact) mass is 192 g/mol. The van der Waals surface area contributed by atoms with E-state index in [4.69, 9.17) is 4.84 Å². The molecule has 0 spiro atoms. The fourth-order valence-corrected chi connectivity index (χ4v) is 1.41. The zero-order valence-electron chi connectivity index (χ0n) is 7.29. The van der Waals surface area contributed by atoms with E-state index in [1.807, 2.05) is 0 Å². The predicted molar refractivity (Wildman–Crippen MR) is 50.0 cm³/mol. The van der Waals surface area contributed by atoms with Gasteiger partial charge in [0.2, 0.25) is 0 Å². The van der Waals surface area contributed by atoms with Crippen LogP contribution in [0, 0.1) is 10.1 Å². The number of hydrogen-bond acceptors (Lipinski definition) is 4. The third kappa shape index (κ3) is 1.44. The number of para-hydroxylation sites is 1. The van der Waals surface area contributed by atoms with Crippen LogP contribution in [0.1, 0.15) is 18.1 Å². The summed E-state index contributed by atoms with van der Waals surface area (Å²) in [5.74, 6) is 0. The number of oxime groups is 1. The Hall–Kier alpha value is -1.91. The van der Waals surface area contributed by atoms with Crippen LogP contribution in [0.2, 0.25) is 0 Å². The van der Waals surface area contributed by atoms with Gasteiger partial charge in [-0.3, -0.25) is 10.1 Å². The molecule has 14 heavy (non-hydrogen) atoms. The summed E-state index contributed by atoms with van der Waals surface area (Å²) in [5, 5.41) is 14.3. The van der Waals surface area contributed by atoms with Gasteiger partial charge in [0, 0.05) is 18.7 Å². The molecule has 0 bridgehead atoms. The number of nitrogens with zero attached hydrogens (tertiary/aromatic N) is 2. The highest BCUT2D eigenvalue weighted by Gasteiger charge is 2.24. The average molecular weight is 192 g/mol. The van der Waals surface area contributed by atoms with E-state index in [1.165, 1.54) is 6.07 Å². The molecule has 0 saturated heterocycles. The first kappa shape index (κ1) is 8.68. The van der Waals surface area contributed by atoms with Gasteiger partial charge in [-0.05, 0) is 6.07 Å². The lowest BCUT2D eigenvalue weighted by atomic mass is 10.1. The molecule has 0 fully saturated rings. The number of nitro groups is 1. The minimum absolute atomic E-state index is 0.0861. The molecular formula is C9H8N2O3. The van der Waals surface area contributed by atoms with Crippen molar-refractivity contribution >= 4 is 11.9 Å². The molecule has 1 unspecified atom stereocenters. The van der Waals surface area contributed by atoms with Gasteiger partial charge < -0.3 is 4.84 Å². The lowest BCUT2D eigenvalue weighted by Crippen LogP contribution is -2.01. The number of nitro benzene ring substituents is 1. The van der Waals surface area contributed by atoms with Crippen molar-refractivity contribution in [3.63, 3.8) is 0 Å². The fourth-order valence-electron chi connectivity index (χ4n) is 1.41. The summed E-state index contributed by atoms with van der Waals surface area (Å²) in [6.45, 7) is 0. The fraction of sp³-hybridized carbons (Fsp3) is 0.222. The number of hydrogen-bond donors (Lipinski definition) is 0. The molecule has 1 aromatic rings. The minimum Gasteiger partial charge on any atom is -0.387 e. The first-order chi connectivity index (χ1) is 6.79. The smallest absolute Gasteiger partial charge is 0.276 e. The van der Waals surface area contributed by atoms with Gasteiger partial charge >= 0.3 is 0 Å². The van der Waals surface area contributed by atoms with E-state index in [0.29, 0.717) is 12.0 Å². The highest BCUT2D eigenvalue weighted by molar-refractivity contribution is 5.60. The van der Waals surface area contributed by atoms with E-state index < -0.39 is 4.92 Å². The Bertz CT molecular complexity index is 381. The molecule has 72 valence electrons. The second-order valence-electron chi connectivity index (χ2n) is 2.93. The normalized spacial score (nSPS) is 19.3. The van der Waals surface area contributed by atoms with Gasteiger partial charge in [-0.25, -0.2) is 0 Å². The lowest BCUT2D eigenvalue weighted by molar-refractivity contribution is -0.386. The van der Waals surface area contributed by atoms with E-state index >= 15 is 0 Å². The first-order valence-corrected chi connectivity index (χ1v) is 4.20. The maximum atomic E-state index is 10.7. The Labute approximate surface area is 80.1 Å². The van der Waals surface area contributed by atoms with E-state index in [0.717, 1.165) is 0 Å². The Morgan fingerprint density at radius 1 is 1.50 bits per heavy atom. The second-order valence-corrected chi connectivity index (χ2v) is 2.93. The van der Waals surface area contributed by atoms with Gasteiger partial charge in [0.25, 0.3) is 5.69 Å². The summed E-state index contributed by atoms with van der Waals surface area (Å²) >= 11 is 0. The average Bonchev–Trinajstić information content (AvgIpc) is 2.70. The van der Waals surface area contributed by atoms with Gasteiger partial charge in [0.05, 0.1) is 10.5 Å². The van der Waals surface area contributed by atoms with Crippen LogP contribution in [0.15, 0.2) is 29.4 Å². The molecule has 5 heteroatoms. The van der Waals surface area contributed by atoms with Crippen molar-refractivity contribution in [3.05, 3.63) is 39.9 Å². The van der Waals surface area contributed by atoms with Crippen molar-refractivity contribution in [2.24, 2.45) is 5.16 Å². The van der Waals surface area contributed by atoms with Crippen molar-refractivity contribution in [3.8, 4) is 0 Å². The molecule has 1 aromatic carbocycles. The summed E-state index contributed by atoms with van der Waals surface area (Å²) in [5.41, 5.74) is 0.665. The molecule has 2 rings (SSSR count). The third-order valence-corrected chi connectivity index (χ3v) is 2.06. The van der Waals surface area contributed by atoms with Gasteiger partial charge in [0.1, 0.15) is 0 Å². The molecule has 0 N–H and O–H groups in total. The van der Waals surface area contributed by atoms with Crippen LogP contribution < -0.4 is 0 Å². The van der Waals surface area contributed by atoms with Gasteiger partial charge in [-0.15, -0.1) is 0 Å². The molecule has 0 saturated carbocycles. The lowest BCUT2D eigenvalue weighted by Gasteiger charge is -2.07. The predicted octanol–water partition coefficient (Wildman–Crippen LogP) is 2.04. The van der Waals surface area contributed by atoms with Crippen LogP contribution in [-0.4, -0.2) is 11.1 Å². The van der Waals surface area contributed by atoms with Crippen LogP contribution in [0.3, 0.4) is 0 Å². The number of rotatable bonds is 2. The van der Waals surface area contributed by atoms with Gasteiger partial charge in [0.15, 0.2) is 6.10 Å². The summed E-state index contributed by atoms with van der Waals surface area (Å²) in [7, 11) is 0.